The fourth-order valence-electron chi connectivity index (χ4n) is 2.33. The molecule has 0 unspecified atom stereocenters. The minimum atomic E-state index is 0.438. The number of benzene rings is 3. The summed E-state index contributed by atoms with van der Waals surface area (Å²) in [6, 6.07) is 26.6. The summed E-state index contributed by atoms with van der Waals surface area (Å²) in [6.45, 7) is 2.48. The van der Waals surface area contributed by atoms with Crippen LogP contribution in [0.3, 0.4) is 0 Å². The van der Waals surface area contributed by atoms with E-state index in [4.69, 9.17) is 4.84 Å². The zero-order chi connectivity index (χ0) is 15.9. The molecule has 0 saturated heterocycles. The lowest BCUT2D eigenvalue weighted by atomic mass is 10.0. The fraction of sp³-hybridized carbons (Fsp3) is 0.0952. The van der Waals surface area contributed by atoms with Crippen molar-refractivity contribution in [3.63, 3.8) is 0 Å². The molecule has 0 aliphatic carbocycles. The molecule has 0 amide bonds. The maximum Gasteiger partial charge on any atom is 0.142 e. The largest absolute Gasteiger partial charge is 0.390 e. The van der Waals surface area contributed by atoms with Crippen LogP contribution in [0.15, 0.2) is 84.0 Å². The van der Waals surface area contributed by atoms with Crippen molar-refractivity contribution >= 4 is 6.21 Å². The lowest BCUT2D eigenvalue weighted by Crippen LogP contribution is -1.89. The molecule has 0 N–H and O–H groups in total. The molecule has 3 aromatic carbocycles. The molecule has 2 nitrogen and oxygen atoms in total. The average Bonchev–Trinajstić information content (AvgIpc) is 2.60. The predicted molar refractivity (Wildman–Crippen MR) is 94.4 cm³/mol. The first-order valence-electron chi connectivity index (χ1n) is 7.60. The Balaban J connectivity index is 1.57. The highest BCUT2D eigenvalue weighted by Crippen LogP contribution is 2.19. The molecule has 0 aliphatic rings. The second kappa shape index (κ2) is 7.41. The van der Waals surface area contributed by atoms with Crippen LogP contribution in [0.5, 0.6) is 0 Å². The van der Waals surface area contributed by atoms with Gasteiger partial charge >= 0.3 is 0 Å². The Morgan fingerprint density at radius 2 is 1.57 bits per heavy atom. The van der Waals surface area contributed by atoms with Gasteiger partial charge in [-0.1, -0.05) is 83.5 Å². The van der Waals surface area contributed by atoms with E-state index in [1.54, 1.807) is 0 Å². The first-order valence-corrected chi connectivity index (χ1v) is 7.60. The zero-order valence-electron chi connectivity index (χ0n) is 13.1. The topological polar surface area (TPSA) is 21.6 Å². The van der Waals surface area contributed by atoms with Crippen LogP contribution in [0, 0.1) is 6.92 Å². The summed E-state index contributed by atoms with van der Waals surface area (Å²) in [5.74, 6) is 0. The molecule has 0 aromatic heterocycles. The van der Waals surface area contributed by atoms with Gasteiger partial charge in [0.05, 0.1) is 0 Å². The van der Waals surface area contributed by atoms with Crippen LogP contribution in [-0.2, 0) is 11.4 Å². The van der Waals surface area contributed by atoms with Gasteiger partial charge in [-0.25, -0.2) is 0 Å². The molecular formula is C21H18NO. The summed E-state index contributed by atoms with van der Waals surface area (Å²) in [4.78, 5) is 5.32. The molecule has 0 spiro atoms. The van der Waals surface area contributed by atoms with Gasteiger partial charge in [-0.15, -0.1) is 0 Å². The van der Waals surface area contributed by atoms with Gasteiger partial charge in [-0.2, -0.15) is 0 Å². The second-order valence-corrected chi connectivity index (χ2v) is 5.41. The molecule has 1 radical (unpaired) electrons. The number of aryl methyl sites for hydroxylation is 1. The molecule has 0 saturated carbocycles. The Labute approximate surface area is 137 Å². The maximum absolute atomic E-state index is 5.32. The summed E-state index contributed by atoms with van der Waals surface area (Å²) < 4.78 is 0. The monoisotopic (exact) mass is 300 g/mol. The van der Waals surface area contributed by atoms with Gasteiger partial charge in [-0.3, -0.25) is 0 Å². The van der Waals surface area contributed by atoms with Gasteiger partial charge in [0.2, 0.25) is 0 Å². The van der Waals surface area contributed by atoms with Gasteiger partial charge < -0.3 is 4.84 Å². The Morgan fingerprint density at radius 3 is 2.30 bits per heavy atom. The van der Waals surface area contributed by atoms with Crippen molar-refractivity contribution in [3.8, 4) is 11.1 Å². The molecule has 2 heteroatoms. The lowest BCUT2D eigenvalue weighted by Gasteiger charge is -2.03. The van der Waals surface area contributed by atoms with E-state index in [0.29, 0.717) is 6.61 Å². The average molecular weight is 300 g/mol. The molecule has 0 heterocycles. The second-order valence-electron chi connectivity index (χ2n) is 5.41. The number of hydrogen-bond donors (Lipinski definition) is 0. The first kappa shape index (κ1) is 15.0. The van der Waals surface area contributed by atoms with E-state index in [9.17, 15) is 0 Å². The van der Waals surface area contributed by atoms with E-state index in [0.717, 1.165) is 11.1 Å². The van der Waals surface area contributed by atoms with Crippen molar-refractivity contribution in [2.24, 2.45) is 5.16 Å². The van der Waals surface area contributed by atoms with Crippen LogP contribution < -0.4 is 0 Å². The molecule has 3 rings (SSSR count). The van der Waals surface area contributed by atoms with Crippen molar-refractivity contribution in [2.75, 3.05) is 0 Å². The fourth-order valence-corrected chi connectivity index (χ4v) is 2.33. The van der Waals surface area contributed by atoms with Crippen LogP contribution in [0.25, 0.3) is 11.1 Å². The third-order valence-corrected chi connectivity index (χ3v) is 3.55. The molecule has 0 fully saturated rings. The molecule has 23 heavy (non-hydrogen) atoms. The zero-order valence-corrected chi connectivity index (χ0v) is 13.1. The minimum absolute atomic E-state index is 0.438. The third kappa shape index (κ3) is 4.30. The highest BCUT2D eigenvalue weighted by Gasteiger charge is 1.98. The number of rotatable bonds is 5. The normalized spacial score (nSPS) is 10.8. The van der Waals surface area contributed by atoms with Crippen LogP contribution in [0.2, 0.25) is 0 Å². The quantitative estimate of drug-likeness (QED) is 0.475. The summed E-state index contributed by atoms with van der Waals surface area (Å²) in [7, 11) is 0. The van der Waals surface area contributed by atoms with Crippen molar-refractivity contribution in [1.29, 1.82) is 0 Å². The Kier molecular flexibility index (Phi) is 4.85. The van der Waals surface area contributed by atoms with Crippen molar-refractivity contribution in [3.05, 3.63) is 95.6 Å². The van der Waals surface area contributed by atoms with Crippen molar-refractivity contribution in [1.82, 2.24) is 0 Å². The van der Waals surface area contributed by atoms with Crippen LogP contribution in [-0.4, -0.2) is 6.21 Å². The van der Waals surface area contributed by atoms with Gasteiger partial charge in [-0.05, 0) is 29.7 Å². The van der Waals surface area contributed by atoms with E-state index in [1.807, 2.05) is 49.4 Å². The SMILES string of the molecule is Cc1cccc(/[C]=N\OCc2ccc(-c3ccccc3)cc2)c1. The Morgan fingerprint density at radius 1 is 0.826 bits per heavy atom. The molecular weight excluding hydrogens is 282 g/mol. The molecule has 0 aliphatic heterocycles. The van der Waals surface area contributed by atoms with Crippen molar-refractivity contribution < 1.29 is 4.84 Å². The van der Waals surface area contributed by atoms with Gasteiger partial charge in [0.15, 0.2) is 0 Å². The molecule has 3 aromatic rings. The van der Waals surface area contributed by atoms with E-state index >= 15 is 0 Å². The smallest absolute Gasteiger partial charge is 0.142 e. The van der Waals surface area contributed by atoms with E-state index in [-0.39, 0.29) is 0 Å². The summed E-state index contributed by atoms with van der Waals surface area (Å²) >= 11 is 0. The predicted octanol–water partition coefficient (Wildman–Crippen LogP) is 5.09. The van der Waals surface area contributed by atoms with E-state index in [2.05, 4.69) is 47.8 Å². The van der Waals surface area contributed by atoms with Crippen LogP contribution in [0.1, 0.15) is 16.7 Å². The van der Waals surface area contributed by atoms with Crippen LogP contribution >= 0.6 is 0 Å². The molecule has 113 valence electrons. The number of hydrogen-bond acceptors (Lipinski definition) is 2. The summed E-state index contributed by atoms with van der Waals surface area (Å²) in [5, 5.41) is 3.91. The van der Waals surface area contributed by atoms with Gasteiger partial charge in [0.1, 0.15) is 12.8 Å². The summed E-state index contributed by atoms with van der Waals surface area (Å²) in [6.07, 6.45) is 2.90. The lowest BCUT2D eigenvalue weighted by molar-refractivity contribution is 0.132. The highest BCUT2D eigenvalue weighted by atomic mass is 16.6. The third-order valence-electron chi connectivity index (χ3n) is 3.55. The Hall–Kier alpha value is -2.87. The highest BCUT2D eigenvalue weighted by molar-refractivity contribution is 5.79. The van der Waals surface area contributed by atoms with E-state index < -0.39 is 0 Å². The summed E-state index contributed by atoms with van der Waals surface area (Å²) in [5.41, 5.74) is 5.60. The first-order chi connectivity index (χ1) is 11.3. The molecule has 0 atom stereocenters. The number of nitrogens with zero attached hydrogens (tertiary/aromatic N) is 1. The standard InChI is InChI=1S/C21H18NO/c1-17-6-5-7-19(14-17)15-22-23-16-18-10-12-21(13-11-18)20-8-3-2-4-9-20/h2-14H,16H2,1H3. The Bertz CT molecular complexity index is 776. The minimum Gasteiger partial charge on any atom is -0.390 e. The molecule has 0 bridgehead atoms. The van der Waals surface area contributed by atoms with Gasteiger partial charge in [0, 0.05) is 5.56 Å². The van der Waals surface area contributed by atoms with Crippen LogP contribution in [0.4, 0.5) is 0 Å². The van der Waals surface area contributed by atoms with Gasteiger partial charge in [0.25, 0.3) is 0 Å². The van der Waals surface area contributed by atoms with Crippen molar-refractivity contribution in [2.45, 2.75) is 13.5 Å². The maximum atomic E-state index is 5.32. The van der Waals surface area contributed by atoms with E-state index in [1.165, 1.54) is 16.7 Å².